The molecule has 5 aliphatic rings. The molecule has 7 heterocycles. The zero-order chi connectivity index (χ0) is 44.7. The third-order valence-electron chi connectivity index (χ3n) is 13.0. The van der Waals surface area contributed by atoms with E-state index in [2.05, 4.69) is 25.1 Å². The zero-order valence-electron chi connectivity index (χ0n) is 34.3. The van der Waals surface area contributed by atoms with Crippen LogP contribution >= 0.6 is 0 Å². The van der Waals surface area contributed by atoms with Gasteiger partial charge in [-0.05, 0) is 72.4 Å². The van der Waals surface area contributed by atoms with E-state index in [0.717, 1.165) is 65.0 Å². The Balaban J connectivity index is 0.737. The lowest BCUT2D eigenvalue weighted by atomic mass is 9.72. The van der Waals surface area contributed by atoms with E-state index < -0.39 is 69.6 Å². The van der Waals surface area contributed by atoms with Crippen molar-refractivity contribution >= 4 is 56.1 Å². The number of β-amino-alcohol motifs (C(OH)–C–C–N with tert-alkyl or cyclic N) is 1. The number of hydrogen-bond acceptors (Lipinski definition) is 10. The van der Waals surface area contributed by atoms with Crippen LogP contribution in [-0.2, 0) is 32.8 Å². The highest BCUT2D eigenvalue weighted by Crippen LogP contribution is 2.42. The molecule has 0 aliphatic carbocycles. The van der Waals surface area contributed by atoms with Crippen molar-refractivity contribution in [1.29, 1.82) is 0 Å². The second-order valence-electron chi connectivity index (χ2n) is 17.6. The van der Waals surface area contributed by atoms with Gasteiger partial charge in [0.15, 0.2) is 5.82 Å². The molecule has 2 aromatic heterocycles. The molecular formula is C45H43F3N8O7S. The number of aromatic nitrogens is 2. The summed E-state index contributed by atoms with van der Waals surface area (Å²) in [5, 5.41) is 13.6. The summed E-state index contributed by atoms with van der Waals surface area (Å²) in [6.07, 6.45) is 1.88. The van der Waals surface area contributed by atoms with Gasteiger partial charge >= 0.3 is 10.2 Å². The van der Waals surface area contributed by atoms with E-state index in [9.17, 15) is 37.1 Å². The third kappa shape index (κ3) is 7.58. The number of H-pyrrole nitrogens is 1. The molecule has 1 spiro atoms. The molecule has 3 aromatic carbocycles. The van der Waals surface area contributed by atoms with Gasteiger partial charge in [0.05, 0.1) is 17.4 Å². The number of carbonyl (C=O) groups excluding carboxylic acids is 4. The van der Waals surface area contributed by atoms with Crippen LogP contribution in [0.5, 0.6) is 0 Å². The quantitative estimate of drug-likeness (QED) is 0.106. The molecule has 3 amide bonds. The standard InChI is InChI=1S/C45H43F3N8O7S/c46-29-11-12-55(19-29)64(62,63)52-36-8-7-35(47)39(40(36)48)41(59)34-17-50-42-33(34)15-27(16-49-42)26-2-4-30(5-3-26)54-23-45(24-54)21-53(22-45)20-31(57)14-25-1-6-32-28(13-25)18-56(44(32)61)37-9-10-38(58)51-43(37)60/h1-8,13,15-17,29,31,37,52,57H,9-12,14,18-24H2,(H,49,50)(H,51,58,60)/t29-,31+,37-/m1/s1. The maximum Gasteiger partial charge on any atom is 0.301 e. The average Bonchev–Trinajstić information content (AvgIpc) is 3.96. The lowest BCUT2D eigenvalue weighted by molar-refractivity contribution is -0.136. The van der Waals surface area contributed by atoms with Crippen molar-refractivity contribution in [2.75, 3.05) is 55.4 Å². The third-order valence-corrected chi connectivity index (χ3v) is 14.5. The number of halogens is 3. The topological polar surface area (TPSA) is 188 Å². The van der Waals surface area contributed by atoms with Gasteiger partial charge < -0.3 is 19.9 Å². The van der Waals surface area contributed by atoms with E-state index in [1.807, 2.05) is 41.1 Å². The molecule has 3 atom stereocenters. The second kappa shape index (κ2) is 15.8. The predicted molar refractivity (Wildman–Crippen MR) is 228 cm³/mol. The van der Waals surface area contributed by atoms with E-state index in [1.165, 1.54) is 11.1 Å². The highest BCUT2D eigenvalue weighted by molar-refractivity contribution is 7.90. The molecule has 4 N–H and O–H groups in total. The van der Waals surface area contributed by atoms with E-state index in [1.54, 1.807) is 18.3 Å². The van der Waals surface area contributed by atoms with Gasteiger partial charge in [0.1, 0.15) is 23.7 Å². The van der Waals surface area contributed by atoms with E-state index in [0.29, 0.717) is 41.5 Å². The number of fused-ring (bicyclic) bond motifs is 2. The van der Waals surface area contributed by atoms with Crippen molar-refractivity contribution in [3.05, 3.63) is 113 Å². The van der Waals surface area contributed by atoms with Gasteiger partial charge in [-0.1, -0.05) is 24.3 Å². The summed E-state index contributed by atoms with van der Waals surface area (Å²) in [6.45, 7) is 3.73. The Morgan fingerprint density at radius 2 is 1.77 bits per heavy atom. The Labute approximate surface area is 365 Å². The van der Waals surface area contributed by atoms with E-state index >= 15 is 8.78 Å². The number of anilines is 2. The number of aliphatic hydroxyl groups excluding tert-OH is 1. The molecule has 4 saturated heterocycles. The van der Waals surface area contributed by atoms with Crippen LogP contribution in [0.4, 0.5) is 24.5 Å². The molecule has 0 radical (unpaired) electrons. The van der Waals surface area contributed by atoms with Gasteiger partial charge in [0, 0.05) is 104 Å². The van der Waals surface area contributed by atoms with E-state index in [-0.39, 0.29) is 48.7 Å². The van der Waals surface area contributed by atoms with Crippen LogP contribution in [0.2, 0.25) is 0 Å². The number of benzene rings is 3. The van der Waals surface area contributed by atoms with Gasteiger partial charge in [-0.3, -0.25) is 34.1 Å². The number of piperidine rings is 1. The molecule has 15 nitrogen and oxygen atoms in total. The Morgan fingerprint density at radius 3 is 2.50 bits per heavy atom. The first-order chi connectivity index (χ1) is 30.6. The molecule has 0 unspecified atom stereocenters. The van der Waals surface area contributed by atoms with Gasteiger partial charge in [0.25, 0.3) is 5.91 Å². The zero-order valence-corrected chi connectivity index (χ0v) is 35.1. The predicted octanol–water partition coefficient (Wildman–Crippen LogP) is 3.93. The summed E-state index contributed by atoms with van der Waals surface area (Å²) >= 11 is 0. The van der Waals surface area contributed by atoms with Gasteiger partial charge in [-0.25, -0.2) is 18.2 Å². The average molecular weight is 897 g/mol. The van der Waals surface area contributed by atoms with Crippen molar-refractivity contribution in [2.45, 2.75) is 50.5 Å². The number of carbonyl (C=O) groups is 4. The molecule has 0 bridgehead atoms. The van der Waals surface area contributed by atoms with E-state index in [4.69, 9.17) is 0 Å². The molecule has 332 valence electrons. The fourth-order valence-corrected chi connectivity index (χ4v) is 11.1. The molecule has 19 heteroatoms. The number of hydrogen-bond donors (Lipinski definition) is 4. The number of aliphatic hydroxyl groups is 1. The fraction of sp³-hybridized carbons (Fsp3) is 0.356. The number of aromatic amines is 1. The molecule has 5 aliphatic heterocycles. The molecule has 64 heavy (non-hydrogen) atoms. The molecule has 0 saturated carbocycles. The van der Waals surface area contributed by atoms with Crippen molar-refractivity contribution in [1.82, 2.24) is 29.4 Å². The van der Waals surface area contributed by atoms with Crippen LogP contribution in [-0.4, -0.2) is 125 Å². The minimum atomic E-state index is -4.36. The number of pyridine rings is 1. The molecule has 4 fully saturated rings. The van der Waals surface area contributed by atoms with Crippen LogP contribution in [0.15, 0.2) is 73.1 Å². The Hall–Kier alpha value is -6.15. The molecule has 10 rings (SSSR count). The first kappa shape index (κ1) is 41.8. The maximum absolute atomic E-state index is 15.7. The number of imide groups is 1. The fourth-order valence-electron chi connectivity index (χ4n) is 9.86. The maximum atomic E-state index is 15.7. The van der Waals surface area contributed by atoms with Gasteiger partial charge in [-0.2, -0.15) is 12.7 Å². The highest BCUT2D eigenvalue weighted by Gasteiger charge is 2.52. The number of nitrogens with zero attached hydrogens (tertiary/aromatic N) is 5. The lowest BCUT2D eigenvalue weighted by Crippen LogP contribution is -2.72. The van der Waals surface area contributed by atoms with Crippen LogP contribution in [0.3, 0.4) is 0 Å². The minimum absolute atomic E-state index is 0.00351. The smallest absolute Gasteiger partial charge is 0.301 e. The lowest BCUT2D eigenvalue weighted by Gasteiger charge is -2.61. The summed E-state index contributed by atoms with van der Waals surface area (Å²) < 4.78 is 73.0. The number of nitrogens with one attached hydrogen (secondary N) is 3. The summed E-state index contributed by atoms with van der Waals surface area (Å²) in [5.41, 5.74) is 3.53. The van der Waals surface area contributed by atoms with Crippen LogP contribution in [0.1, 0.15) is 56.7 Å². The SMILES string of the molecule is O=C1CC[C@@H](N2Cc3cc(C[C@H](O)CN4CC5(C4)CN(c4ccc(-c6cnc7[nH]cc(C(=O)c8c(F)ccc(NS(=O)(=O)N9CC[C@@H](F)C9)c8F)c7c6)cc4)C5)ccc3C2=O)C(=O)N1. The van der Waals surface area contributed by atoms with Crippen LogP contribution in [0.25, 0.3) is 22.2 Å². The van der Waals surface area contributed by atoms with Crippen LogP contribution in [0, 0.1) is 17.0 Å². The monoisotopic (exact) mass is 896 g/mol. The summed E-state index contributed by atoms with van der Waals surface area (Å²) in [5.74, 6) is -4.60. The highest BCUT2D eigenvalue weighted by atomic mass is 32.2. The van der Waals surface area contributed by atoms with Crippen molar-refractivity contribution in [2.24, 2.45) is 5.41 Å². The van der Waals surface area contributed by atoms with Crippen LogP contribution < -0.4 is 14.9 Å². The number of rotatable bonds is 12. The number of likely N-dealkylation sites (tertiary alicyclic amines) is 1. The first-order valence-electron chi connectivity index (χ1n) is 21.1. The Kier molecular flexibility index (Phi) is 10.3. The Bertz CT molecular complexity index is 2860. The Morgan fingerprint density at radius 1 is 0.984 bits per heavy atom. The van der Waals surface area contributed by atoms with Crippen molar-refractivity contribution < 1.29 is 45.9 Å². The minimum Gasteiger partial charge on any atom is -0.391 e. The number of ketones is 1. The second-order valence-corrected chi connectivity index (χ2v) is 19.3. The van der Waals surface area contributed by atoms with Gasteiger partial charge in [-0.15, -0.1) is 0 Å². The van der Waals surface area contributed by atoms with Gasteiger partial charge in [0.2, 0.25) is 17.6 Å². The largest absolute Gasteiger partial charge is 0.391 e. The summed E-state index contributed by atoms with van der Waals surface area (Å²) in [4.78, 5) is 64.1. The number of alkyl halides is 1. The van der Waals surface area contributed by atoms with Crippen molar-refractivity contribution in [3.8, 4) is 11.1 Å². The van der Waals surface area contributed by atoms with Crippen molar-refractivity contribution in [3.63, 3.8) is 0 Å². The molecule has 5 aromatic rings. The summed E-state index contributed by atoms with van der Waals surface area (Å²) in [6, 6.07) is 16.1. The number of amides is 3. The summed E-state index contributed by atoms with van der Waals surface area (Å²) in [7, 11) is -4.36. The normalized spacial score (nSPS) is 21.5. The molecular weight excluding hydrogens is 854 g/mol. The first-order valence-corrected chi connectivity index (χ1v) is 22.5.